The zero-order valence-corrected chi connectivity index (χ0v) is 18.9. The van der Waals surface area contributed by atoms with Gasteiger partial charge >= 0.3 is 0 Å². The molecule has 8 nitrogen and oxygen atoms in total. The van der Waals surface area contributed by atoms with Gasteiger partial charge in [-0.3, -0.25) is 9.59 Å². The van der Waals surface area contributed by atoms with E-state index in [1.807, 2.05) is 13.8 Å². The summed E-state index contributed by atoms with van der Waals surface area (Å²) >= 11 is 0. The average Bonchev–Trinajstić information content (AvgIpc) is 3.29. The summed E-state index contributed by atoms with van der Waals surface area (Å²) in [5, 5.41) is 5.58. The normalized spacial score (nSPS) is 16.6. The molecule has 32 heavy (non-hydrogen) atoms. The molecule has 2 N–H and O–H groups in total. The molecule has 1 fully saturated rings. The maximum atomic E-state index is 13.1. The first-order valence-electron chi connectivity index (χ1n) is 10.5. The van der Waals surface area contributed by atoms with Crippen molar-refractivity contribution in [3.63, 3.8) is 0 Å². The number of rotatable bonds is 8. The maximum absolute atomic E-state index is 13.1. The number of hydrogen-bond acceptors (Lipinski definition) is 5. The van der Waals surface area contributed by atoms with Crippen molar-refractivity contribution in [2.45, 2.75) is 44.2 Å². The summed E-state index contributed by atoms with van der Waals surface area (Å²) < 4.78 is 45.1. The molecule has 1 aliphatic rings. The third kappa shape index (κ3) is 5.74. The first kappa shape index (κ1) is 23.9. The predicted molar refractivity (Wildman–Crippen MR) is 115 cm³/mol. The van der Waals surface area contributed by atoms with Crippen LogP contribution in [-0.4, -0.2) is 43.7 Å². The monoisotopic (exact) mass is 465 g/mol. The SMILES string of the molecule is CC(C)[C@@H](NC(=O)C1CCN(S(=O)(=O)c2ccc(F)cc2)CC1)C(=O)NCc1ccco1. The number of hydrogen-bond donors (Lipinski definition) is 2. The summed E-state index contributed by atoms with van der Waals surface area (Å²) in [5.41, 5.74) is 0. The van der Waals surface area contributed by atoms with Gasteiger partial charge < -0.3 is 15.1 Å². The van der Waals surface area contributed by atoms with Gasteiger partial charge in [-0.1, -0.05) is 13.8 Å². The van der Waals surface area contributed by atoms with E-state index < -0.39 is 27.8 Å². The molecule has 2 heterocycles. The van der Waals surface area contributed by atoms with Crippen LogP contribution >= 0.6 is 0 Å². The van der Waals surface area contributed by atoms with E-state index in [1.165, 1.54) is 22.7 Å². The van der Waals surface area contributed by atoms with Gasteiger partial charge in [-0.05, 0) is 55.2 Å². The highest BCUT2D eigenvalue weighted by molar-refractivity contribution is 7.89. The van der Waals surface area contributed by atoms with E-state index in [4.69, 9.17) is 4.42 Å². The number of carbonyl (C=O) groups excluding carboxylic acids is 2. The second-order valence-electron chi connectivity index (χ2n) is 8.16. The average molecular weight is 466 g/mol. The standard InChI is InChI=1S/C22H28FN3O5S/c1-15(2)20(22(28)24-14-18-4-3-13-31-18)25-21(27)16-9-11-26(12-10-16)32(29,30)19-7-5-17(23)6-8-19/h3-8,13,15-16,20H,9-12,14H2,1-2H3,(H,24,28)(H,25,27)/t20-/m1/s1. The first-order valence-corrected chi connectivity index (χ1v) is 12.0. The molecule has 0 aliphatic carbocycles. The molecule has 0 saturated carbocycles. The smallest absolute Gasteiger partial charge is 0.243 e. The van der Waals surface area contributed by atoms with Crippen molar-refractivity contribution in [1.82, 2.24) is 14.9 Å². The third-order valence-electron chi connectivity index (χ3n) is 5.54. The van der Waals surface area contributed by atoms with Crippen molar-refractivity contribution in [3.8, 4) is 0 Å². The van der Waals surface area contributed by atoms with Crippen LogP contribution in [0.4, 0.5) is 4.39 Å². The lowest BCUT2D eigenvalue weighted by Gasteiger charge is -2.32. The Morgan fingerprint density at radius 2 is 1.81 bits per heavy atom. The Labute approximate surface area is 187 Å². The lowest BCUT2D eigenvalue weighted by molar-refractivity contribution is -0.132. The second-order valence-corrected chi connectivity index (χ2v) is 10.1. The lowest BCUT2D eigenvalue weighted by Crippen LogP contribution is -2.52. The van der Waals surface area contributed by atoms with E-state index in [9.17, 15) is 22.4 Å². The highest BCUT2D eigenvalue weighted by Gasteiger charge is 2.34. The number of carbonyl (C=O) groups is 2. The second kappa shape index (κ2) is 10.3. The maximum Gasteiger partial charge on any atom is 0.243 e. The van der Waals surface area contributed by atoms with Gasteiger partial charge in [-0.2, -0.15) is 4.31 Å². The van der Waals surface area contributed by atoms with E-state index >= 15 is 0 Å². The number of amides is 2. The number of nitrogens with zero attached hydrogens (tertiary/aromatic N) is 1. The molecule has 1 saturated heterocycles. The highest BCUT2D eigenvalue weighted by atomic mass is 32.2. The summed E-state index contributed by atoms with van der Waals surface area (Å²) in [6.07, 6.45) is 2.20. The molecule has 10 heteroatoms. The van der Waals surface area contributed by atoms with Crippen LogP contribution in [0.5, 0.6) is 0 Å². The molecule has 0 unspecified atom stereocenters. The van der Waals surface area contributed by atoms with Crippen LogP contribution in [-0.2, 0) is 26.2 Å². The Balaban J connectivity index is 1.55. The zero-order chi connectivity index (χ0) is 23.3. The largest absolute Gasteiger partial charge is 0.467 e. The molecular formula is C22H28FN3O5S. The lowest BCUT2D eigenvalue weighted by atomic mass is 9.95. The Bertz CT molecular complexity index is 1010. The summed E-state index contributed by atoms with van der Waals surface area (Å²) in [4.78, 5) is 25.4. The number of sulfonamides is 1. The zero-order valence-electron chi connectivity index (χ0n) is 18.1. The van der Waals surface area contributed by atoms with Crippen molar-refractivity contribution < 1.29 is 26.8 Å². The highest BCUT2D eigenvalue weighted by Crippen LogP contribution is 2.24. The fourth-order valence-electron chi connectivity index (χ4n) is 3.62. The van der Waals surface area contributed by atoms with E-state index in [1.54, 1.807) is 12.1 Å². The molecule has 174 valence electrons. The van der Waals surface area contributed by atoms with E-state index in [2.05, 4.69) is 10.6 Å². The quantitative estimate of drug-likeness (QED) is 0.622. The van der Waals surface area contributed by atoms with Crippen molar-refractivity contribution in [2.75, 3.05) is 13.1 Å². The minimum absolute atomic E-state index is 0.0231. The topological polar surface area (TPSA) is 109 Å². The van der Waals surface area contributed by atoms with Crippen LogP contribution in [0.15, 0.2) is 52.0 Å². The molecule has 1 aromatic heterocycles. The number of nitrogens with one attached hydrogen (secondary N) is 2. The van der Waals surface area contributed by atoms with Crippen LogP contribution < -0.4 is 10.6 Å². The van der Waals surface area contributed by atoms with E-state index in [0.29, 0.717) is 18.6 Å². The van der Waals surface area contributed by atoms with Gasteiger partial charge in [-0.15, -0.1) is 0 Å². The van der Waals surface area contributed by atoms with Gasteiger partial charge in [0.05, 0.1) is 17.7 Å². The van der Waals surface area contributed by atoms with Crippen LogP contribution in [0.3, 0.4) is 0 Å². The fraction of sp³-hybridized carbons (Fsp3) is 0.455. The van der Waals surface area contributed by atoms with Gasteiger partial charge in [0.15, 0.2) is 0 Å². The number of piperidine rings is 1. The molecule has 3 rings (SSSR count). The molecule has 1 atom stereocenters. The molecule has 0 radical (unpaired) electrons. The third-order valence-corrected chi connectivity index (χ3v) is 7.45. The first-order chi connectivity index (χ1) is 15.2. The molecule has 2 amide bonds. The summed E-state index contributed by atoms with van der Waals surface area (Å²) in [5.74, 6) is -0.991. The van der Waals surface area contributed by atoms with Crippen molar-refractivity contribution in [3.05, 3.63) is 54.2 Å². The van der Waals surface area contributed by atoms with Crippen LogP contribution in [0, 0.1) is 17.7 Å². The van der Waals surface area contributed by atoms with Gasteiger partial charge in [-0.25, -0.2) is 12.8 Å². The summed E-state index contributed by atoms with van der Waals surface area (Å²) in [6, 6.07) is 7.45. The minimum Gasteiger partial charge on any atom is -0.467 e. The van der Waals surface area contributed by atoms with Gasteiger partial charge in [0.2, 0.25) is 21.8 Å². The summed E-state index contributed by atoms with van der Waals surface area (Å²) in [6.45, 7) is 4.26. The van der Waals surface area contributed by atoms with Gasteiger partial charge in [0, 0.05) is 19.0 Å². The molecular weight excluding hydrogens is 437 g/mol. The Hall–Kier alpha value is -2.72. The molecule has 0 spiro atoms. The van der Waals surface area contributed by atoms with Gasteiger partial charge in [0.1, 0.15) is 17.6 Å². The van der Waals surface area contributed by atoms with Gasteiger partial charge in [0.25, 0.3) is 0 Å². The Kier molecular flexibility index (Phi) is 7.68. The van der Waals surface area contributed by atoms with Crippen molar-refractivity contribution >= 4 is 21.8 Å². The van der Waals surface area contributed by atoms with Crippen molar-refractivity contribution in [1.29, 1.82) is 0 Å². The number of furan rings is 1. The molecule has 1 aromatic carbocycles. The Morgan fingerprint density at radius 3 is 2.38 bits per heavy atom. The summed E-state index contributed by atoms with van der Waals surface area (Å²) in [7, 11) is -3.74. The Morgan fingerprint density at radius 1 is 1.16 bits per heavy atom. The minimum atomic E-state index is -3.74. The van der Waals surface area contributed by atoms with Crippen molar-refractivity contribution in [2.24, 2.45) is 11.8 Å². The molecule has 1 aliphatic heterocycles. The predicted octanol–water partition coefficient (Wildman–Crippen LogP) is 2.28. The van der Waals surface area contributed by atoms with E-state index in [0.717, 1.165) is 12.1 Å². The van der Waals surface area contributed by atoms with Crippen LogP contribution in [0.25, 0.3) is 0 Å². The molecule has 0 bridgehead atoms. The van der Waals surface area contributed by atoms with E-state index in [-0.39, 0.29) is 42.3 Å². The number of benzene rings is 1. The molecule has 2 aromatic rings. The fourth-order valence-corrected chi connectivity index (χ4v) is 5.09. The van der Waals surface area contributed by atoms with Crippen LogP contribution in [0.1, 0.15) is 32.4 Å². The van der Waals surface area contributed by atoms with Crippen LogP contribution in [0.2, 0.25) is 0 Å². The number of halogens is 1.